The van der Waals surface area contributed by atoms with Gasteiger partial charge < -0.3 is 15.0 Å². The van der Waals surface area contributed by atoms with Crippen LogP contribution in [0, 0.1) is 6.92 Å². The largest absolute Gasteiger partial charge is 0.486 e. The molecule has 0 aliphatic rings. The number of nitrogens with zero attached hydrogens (tertiary/aromatic N) is 2. The van der Waals surface area contributed by atoms with E-state index in [4.69, 9.17) is 4.74 Å². The van der Waals surface area contributed by atoms with Crippen LogP contribution >= 0.6 is 11.3 Å². The fourth-order valence-corrected chi connectivity index (χ4v) is 3.11. The molecule has 0 aliphatic carbocycles. The summed E-state index contributed by atoms with van der Waals surface area (Å²) in [5.41, 5.74) is 2.07. The van der Waals surface area contributed by atoms with Crippen molar-refractivity contribution in [3.05, 3.63) is 45.9 Å². The molecule has 136 valence electrons. The summed E-state index contributed by atoms with van der Waals surface area (Å²) in [6.07, 6.45) is 0.907. The lowest BCUT2D eigenvalue weighted by Crippen LogP contribution is -2.44. The number of nitrogens with one attached hydrogen (secondary N) is 1. The monoisotopic (exact) mass is 361 g/mol. The number of amides is 2. The van der Waals surface area contributed by atoms with Crippen molar-refractivity contribution in [2.24, 2.45) is 0 Å². The summed E-state index contributed by atoms with van der Waals surface area (Å²) in [7, 11) is 0. The number of urea groups is 1. The van der Waals surface area contributed by atoms with E-state index in [1.807, 2.05) is 48.4 Å². The van der Waals surface area contributed by atoms with E-state index in [2.05, 4.69) is 24.1 Å². The van der Waals surface area contributed by atoms with E-state index in [0.717, 1.165) is 22.9 Å². The third kappa shape index (κ3) is 5.74. The third-order valence-electron chi connectivity index (χ3n) is 4.00. The Kier molecular flexibility index (Phi) is 7.25. The van der Waals surface area contributed by atoms with Gasteiger partial charge in [0.15, 0.2) is 0 Å². The second kappa shape index (κ2) is 9.42. The summed E-state index contributed by atoms with van der Waals surface area (Å²) in [5, 5.41) is 5.79. The molecule has 1 N–H and O–H groups in total. The Morgan fingerprint density at radius 2 is 2.20 bits per heavy atom. The van der Waals surface area contributed by atoms with E-state index in [0.29, 0.717) is 19.7 Å². The number of hydrogen-bond donors (Lipinski definition) is 1. The molecule has 0 bridgehead atoms. The predicted molar refractivity (Wildman–Crippen MR) is 102 cm³/mol. The van der Waals surface area contributed by atoms with E-state index in [1.54, 1.807) is 11.3 Å². The maximum absolute atomic E-state index is 12.3. The molecule has 0 aliphatic heterocycles. The van der Waals surface area contributed by atoms with Crippen LogP contribution in [0.3, 0.4) is 0 Å². The summed E-state index contributed by atoms with van der Waals surface area (Å²) in [6.45, 7) is 9.69. The average molecular weight is 362 g/mol. The molecule has 0 saturated carbocycles. The minimum atomic E-state index is -0.0394. The normalized spacial score (nSPS) is 11.8. The molecule has 1 atom stereocenters. The smallest absolute Gasteiger partial charge is 0.317 e. The standard InChI is InChI=1S/C19H27N3O2S/c1-5-15(4)22(19(23)20-6-2)11-16-13-25-18(21-16)12-24-17-9-7-8-14(3)10-17/h7-10,13,15H,5-6,11-12H2,1-4H3,(H,20,23)/t15-/m0/s1. The van der Waals surface area contributed by atoms with Crippen LogP contribution in [-0.4, -0.2) is 28.5 Å². The lowest BCUT2D eigenvalue weighted by atomic mass is 10.2. The van der Waals surface area contributed by atoms with Crippen LogP contribution in [0.2, 0.25) is 0 Å². The van der Waals surface area contributed by atoms with Gasteiger partial charge in [-0.1, -0.05) is 19.1 Å². The minimum Gasteiger partial charge on any atom is -0.486 e. The van der Waals surface area contributed by atoms with Gasteiger partial charge in [0.2, 0.25) is 0 Å². The number of carbonyl (C=O) groups is 1. The van der Waals surface area contributed by atoms with Gasteiger partial charge in [0, 0.05) is 18.0 Å². The van der Waals surface area contributed by atoms with E-state index < -0.39 is 0 Å². The molecule has 0 radical (unpaired) electrons. The van der Waals surface area contributed by atoms with Crippen molar-refractivity contribution in [2.75, 3.05) is 6.54 Å². The highest BCUT2D eigenvalue weighted by Gasteiger charge is 2.19. The van der Waals surface area contributed by atoms with Crippen molar-refractivity contribution in [3.8, 4) is 5.75 Å². The van der Waals surface area contributed by atoms with Crippen molar-refractivity contribution < 1.29 is 9.53 Å². The van der Waals surface area contributed by atoms with E-state index >= 15 is 0 Å². The zero-order valence-corrected chi connectivity index (χ0v) is 16.2. The van der Waals surface area contributed by atoms with E-state index in [-0.39, 0.29) is 12.1 Å². The summed E-state index contributed by atoms with van der Waals surface area (Å²) in [6, 6.07) is 8.10. The first-order valence-electron chi connectivity index (χ1n) is 8.70. The molecule has 25 heavy (non-hydrogen) atoms. The molecule has 1 aromatic carbocycles. The first-order chi connectivity index (χ1) is 12.0. The fourth-order valence-electron chi connectivity index (χ4n) is 2.41. The van der Waals surface area contributed by atoms with Gasteiger partial charge in [-0.05, 0) is 44.9 Å². The quantitative estimate of drug-likeness (QED) is 0.760. The first kappa shape index (κ1) is 19.2. The van der Waals surface area contributed by atoms with Gasteiger partial charge in [-0.25, -0.2) is 9.78 Å². The number of hydrogen-bond acceptors (Lipinski definition) is 4. The van der Waals surface area contributed by atoms with E-state index in [1.165, 1.54) is 5.56 Å². The minimum absolute atomic E-state index is 0.0394. The molecule has 1 aromatic heterocycles. The maximum Gasteiger partial charge on any atom is 0.317 e. The zero-order chi connectivity index (χ0) is 18.2. The number of rotatable bonds is 8. The highest BCUT2D eigenvalue weighted by Crippen LogP contribution is 2.18. The predicted octanol–water partition coefficient (Wildman–Crippen LogP) is 4.36. The molecule has 6 heteroatoms. The topological polar surface area (TPSA) is 54.5 Å². The summed E-state index contributed by atoms with van der Waals surface area (Å²) in [5.74, 6) is 0.848. The molecule has 0 saturated heterocycles. The fraction of sp³-hybridized carbons (Fsp3) is 0.474. The molecule has 0 unspecified atom stereocenters. The van der Waals surface area contributed by atoms with Crippen LogP contribution in [0.4, 0.5) is 4.79 Å². The highest BCUT2D eigenvalue weighted by molar-refractivity contribution is 7.09. The van der Waals surface area contributed by atoms with Gasteiger partial charge in [0.25, 0.3) is 0 Å². The van der Waals surface area contributed by atoms with Gasteiger partial charge in [-0.3, -0.25) is 0 Å². The molecule has 5 nitrogen and oxygen atoms in total. The van der Waals surface area contributed by atoms with Crippen molar-refractivity contribution in [3.63, 3.8) is 0 Å². The van der Waals surface area contributed by atoms with Crippen LogP contribution in [0.1, 0.15) is 43.5 Å². The number of benzene rings is 1. The van der Waals surface area contributed by atoms with Crippen LogP contribution in [-0.2, 0) is 13.2 Å². The number of thiazole rings is 1. The van der Waals surface area contributed by atoms with Crippen molar-refractivity contribution in [2.45, 2.75) is 53.3 Å². The Bertz CT molecular complexity index is 687. The summed E-state index contributed by atoms with van der Waals surface area (Å²) in [4.78, 5) is 18.7. The number of aryl methyl sites for hydroxylation is 1. The molecule has 2 amide bonds. The molecule has 0 fully saturated rings. The zero-order valence-electron chi connectivity index (χ0n) is 15.4. The number of carbonyl (C=O) groups excluding carboxylic acids is 1. The molecule has 2 rings (SSSR count). The molecular weight excluding hydrogens is 334 g/mol. The van der Waals surface area contributed by atoms with Gasteiger partial charge in [-0.15, -0.1) is 11.3 Å². The first-order valence-corrected chi connectivity index (χ1v) is 9.58. The lowest BCUT2D eigenvalue weighted by molar-refractivity contribution is 0.173. The number of aromatic nitrogens is 1. The Labute approximate surface area is 154 Å². The van der Waals surface area contributed by atoms with Crippen LogP contribution < -0.4 is 10.1 Å². The Morgan fingerprint density at radius 1 is 1.40 bits per heavy atom. The molecule has 0 spiro atoms. The third-order valence-corrected chi connectivity index (χ3v) is 4.87. The van der Waals surface area contributed by atoms with Crippen molar-refractivity contribution in [1.82, 2.24) is 15.2 Å². The van der Waals surface area contributed by atoms with Gasteiger partial charge in [-0.2, -0.15) is 0 Å². The Balaban J connectivity index is 1.97. The Hall–Kier alpha value is -2.08. The van der Waals surface area contributed by atoms with Gasteiger partial charge in [0.1, 0.15) is 17.4 Å². The van der Waals surface area contributed by atoms with Crippen LogP contribution in [0.25, 0.3) is 0 Å². The maximum atomic E-state index is 12.3. The lowest BCUT2D eigenvalue weighted by Gasteiger charge is -2.27. The summed E-state index contributed by atoms with van der Waals surface area (Å²) >= 11 is 1.56. The second-order valence-corrected chi connectivity index (χ2v) is 7.00. The van der Waals surface area contributed by atoms with Crippen LogP contribution in [0.5, 0.6) is 5.75 Å². The molecule has 1 heterocycles. The van der Waals surface area contributed by atoms with E-state index in [9.17, 15) is 4.79 Å². The molecular formula is C19H27N3O2S. The Morgan fingerprint density at radius 3 is 2.88 bits per heavy atom. The van der Waals surface area contributed by atoms with Crippen molar-refractivity contribution in [1.29, 1.82) is 0 Å². The van der Waals surface area contributed by atoms with Gasteiger partial charge >= 0.3 is 6.03 Å². The summed E-state index contributed by atoms with van der Waals surface area (Å²) < 4.78 is 5.80. The SMILES string of the molecule is CCNC(=O)N(Cc1csc(COc2cccc(C)c2)n1)[C@@H](C)CC. The van der Waals surface area contributed by atoms with Crippen LogP contribution in [0.15, 0.2) is 29.6 Å². The van der Waals surface area contributed by atoms with Crippen molar-refractivity contribution >= 4 is 17.4 Å². The second-order valence-electron chi connectivity index (χ2n) is 6.06. The highest BCUT2D eigenvalue weighted by atomic mass is 32.1. The molecule has 2 aromatic rings. The average Bonchev–Trinajstić information content (AvgIpc) is 3.05. The van der Waals surface area contributed by atoms with Gasteiger partial charge in [0.05, 0.1) is 12.2 Å². The number of ether oxygens (including phenoxy) is 1.